The van der Waals surface area contributed by atoms with Gasteiger partial charge in [-0.1, -0.05) is 41.5 Å². The van der Waals surface area contributed by atoms with Crippen molar-refractivity contribution in [1.29, 1.82) is 0 Å². The quantitative estimate of drug-likeness (QED) is 0.393. The summed E-state index contributed by atoms with van der Waals surface area (Å²) >= 11 is 6.08. The van der Waals surface area contributed by atoms with Crippen LogP contribution in [0.15, 0.2) is 50.1 Å². The van der Waals surface area contributed by atoms with Crippen molar-refractivity contribution in [3.8, 4) is 0 Å². The third-order valence-corrected chi connectivity index (χ3v) is 6.32. The van der Waals surface area contributed by atoms with Crippen LogP contribution in [0.2, 0.25) is 0 Å². The lowest BCUT2D eigenvalue weighted by atomic mass is 10.1. The van der Waals surface area contributed by atoms with Gasteiger partial charge in [-0.05, 0) is 48.1 Å². The van der Waals surface area contributed by atoms with Gasteiger partial charge in [0, 0.05) is 16.7 Å². The van der Waals surface area contributed by atoms with Crippen molar-refractivity contribution < 1.29 is 4.79 Å². The molecule has 2 heterocycles. The normalized spacial score (nSPS) is 11.3. The first-order valence-corrected chi connectivity index (χ1v) is 11.3. The van der Waals surface area contributed by atoms with E-state index in [2.05, 4.69) is 40.1 Å². The Morgan fingerprint density at radius 3 is 2.74 bits per heavy atom. The molecule has 0 fully saturated rings. The number of hydrogen-bond donors (Lipinski definition) is 1. The smallest absolute Gasteiger partial charge is 0.272 e. The van der Waals surface area contributed by atoms with Crippen LogP contribution in [-0.4, -0.2) is 21.2 Å². The molecule has 0 spiro atoms. The standard InChI is InChI=1S/C19H20BrN3O2S2/c1-12(2)7-9-23-18(25)17-15(8-10-26-17)22-19(23)27-11-16(24)21-14-5-3-13(20)4-6-14/h3-6,8,10,12H,7,9,11H2,1-2H3,(H,21,24). The molecule has 5 nitrogen and oxygen atoms in total. The fourth-order valence-corrected chi connectivity index (χ4v) is 4.35. The van der Waals surface area contributed by atoms with Gasteiger partial charge in [0.1, 0.15) is 4.70 Å². The molecule has 0 atom stereocenters. The van der Waals surface area contributed by atoms with Crippen molar-refractivity contribution in [2.45, 2.75) is 32.0 Å². The van der Waals surface area contributed by atoms with Gasteiger partial charge in [0.25, 0.3) is 5.56 Å². The number of benzene rings is 1. The highest BCUT2D eigenvalue weighted by molar-refractivity contribution is 9.10. The van der Waals surface area contributed by atoms with Gasteiger partial charge < -0.3 is 5.32 Å². The summed E-state index contributed by atoms with van der Waals surface area (Å²) in [4.78, 5) is 29.7. The number of carbonyl (C=O) groups excluding carboxylic acids is 1. The second-order valence-corrected chi connectivity index (χ2v) is 9.29. The number of rotatable bonds is 7. The Balaban J connectivity index is 1.76. The minimum absolute atomic E-state index is 0.0218. The maximum atomic E-state index is 12.8. The monoisotopic (exact) mass is 465 g/mol. The molecule has 0 aliphatic rings. The molecule has 0 bridgehead atoms. The first-order valence-electron chi connectivity index (χ1n) is 8.60. The summed E-state index contributed by atoms with van der Waals surface area (Å²) in [5.41, 5.74) is 1.41. The van der Waals surface area contributed by atoms with Crippen molar-refractivity contribution >= 4 is 60.8 Å². The molecule has 0 aliphatic heterocycles. The van der Waals surface area contributed by atoms with Crippen LogP contribution in [0, 0.1) is 5.92 Å². The Morgan fingerprint density at radius 2 is 2.04 bits per heavy atom. The minimum Gasteiger partial charge on any atom is -0.325 e. The molecule has 0 saturated heterocycles. The molecule has 142 valence electrons. The Labute approximate surface area is 174 Å². The number of hydrogen-bond acceptors (Lipinski definition) is 5. The van der Waals surface area contributed by atoms with E-state index in [1.807, 2.05) is 35.7 Å². The Bertz CT molecular complexity index is 996. The minimum atomic E-state index is -0.127. The fraction of sp³-hybridized carbons (Fsp3) is 0.316. The number of nitrogens with zero attached hydrogens (tertiary/aromatic N) is 2. The molecular formula is C19H20BrN3O2S2. The second-order valence-electron chi connectivity index (χ2n) is 6.51. The van der Waals surface area contributed by atoms with Crippen LogP contribution in [0.1, 0.15) is 20.3 Å². The van der Waals surface area contributed by atoms with Gasteiger partial charge in [0.15, 0.2) is 5.16 Å². The van der Waals surface area contributed by atoms with Gasteiger partial charge in [-0.15, -0.1) is 11.3 Å². The van der Waals surface area contributed by atoms with Crippen molar-refractivity contribution in [2.75, 3.05) is 11.1 Å². The lowest BCUT2D eigenvalue weighted by molar-refractivity contribution is -0.113. The van der Waals surface area contributed by atoms with E-state index in [4.69, 9.17) is 0 Å². The van der Waals surface area contributed by atoms with Crippen molar-refractivity contribution in [1.82, 2.24) is 9.55 Å². The predicted octanol–water partition coefficient (Wildman–Crippen LogP) is 5.00. The average molecular weight is 466 g/mol. The van der Waals surface area contributed by atoms with Gasteiger partial charge in [0.05, 0.1) is 11.3 Å². The van der Waals surface area contributed by atoms with E-state index in [9.17, 15) is 9.59 Å². The number of halogens is 1. The number of anilines is 1. The number of aromatic nitrogens is 2. The summed E-state index contributed by atoms with van der Waals surface area (Å²) < 4.78 is 3.33. The Kier molecular flexibility index (Phi) is 6.73. The van der Waals surface area contributed by atoms with E-state index in [1.165, 1.54) is 23.1 Å². The lowest BCUT2D eigenvalue weighted by Crippen LogP contribution is -2.24. The van der Waals surface area contributed by atoms with Gasteiger partial charge in [0.2, 0.25) is 5.91 Å². The predicted molar refractivity (Wildman–Crippen MR) is 117 cm³/mol. The van der Waals surface area contributed by atoms with Crippen LogP contribution in [0.4, 0.5) is 5.69 Å². The van der Waals surface area contributed by atoms with Crippen molar-refractivity contribution in [2.24, 2.45) is 5.92 Å². The molecule has 0 radical (unpaired) electrons. The maximum Gasteiger partial charge on any atom is 0.272 e. The van der Waals surface area contributed by atoms with Gasteiger partial charge in [-0.2, -0.15) is 0 Å². The van der Waals surface area contributed by atoms with Crippen LogP contribution in [0.5, 0.6) is 0 Å². The molecule has 1 aromatic carbocycles. The summed E-state index contributed by atoms with van der Waals surface area (Å²) in [7, 11) is 0. The number of nitrogens with one attached hydrogen (secondary N) is 1. The van der Waals surface area contributed by atoms with E-state index in [0.717, 1.165) is 16.6 Å². The highest BCUT2D eigenvalue weighted by Crippen LogP contribution is 2.22. The van der Waals surface area contributed by atoms with Crippen molar-refractivity contribution in [3.63, 3.8) is 0 Å². The van der Waals surface area contributed by atoms with Crippen LogP contribution >= 0.6 is 39.0 Å². The van der Waals surface area contributed by atoms with E-state index >= 15 is 0 Å². The van der Waals surface area contributed by atoms with Gasteiger partial charge in [-0.25, -0.2) is 4.98 Å². The van der Waals surface area contributed by atoms with E-state index < -0.39 is 0 Å². The molecule has 0 aliphatic carbocycles. The first-order chi connectivity index (χ1) is 12.9. The number of thiophene rings is 1. The molecule has 8 heteroatoms. The van der Waals surface area contributed by atoms with Crippen LogP contribution in [-0.2, 0) is 11.3 Å². The third-order valence-electron chi connectivity index (χ3n) is 3.92. The average Bonchev–Trinajstić information content (AvgIpc) is 3.10. The van der Waals surface area contributed by atoms with Gasteiger partial charge in [-0.3, -0.25) is 14.2 Å². The number of carbonyl (C=O) groups is 1. The molecule has 2 aromatic heterocycles. The fourth-order valence-electron chi connectivity index (χ4n) is 2.48. The van der Waals surface area contributed by atoms with E-state index in [1.54, 1.807) is 4.57 Å². The molecule has 0 unspecified atom stereocenters. The summed E-state index contributed by atoms with van der Waals surface area (Å²) in [5.74, 6) is 0.548. The second kappa shape index (κ2) is 9.03. The molecule has 0 saturated carbocycles. The molecule has 3 aromatic rings. The van der Waals surface area contributed by atoms with Crippen LogP contribution < -0.4 is 10.9 Å². The van der Waals surface area contributed by atoms with E-state index in [0.29, 0.717) is 27.8 Å². The van der Waals surface area contributed by atoms with Crippen LogP contribution in [0.3, 0.4) is 0 Å². The topological polar surface area (TPSA) is 64.0 Å². The van der Waals surface area contributed by atoms with E-state index in [-0.39, 0.29) is 17.2 Å². The molecular weight excluding hydrogens is 446 g/mol. The summed E-state index contributed by atoms with van der Waals surface area (Å²) in [6, 6.07) is 9.26. The third kappa shape index (κ3) is 5.21. The number of thioether (sulfide) groups is 1. The maximum absolute atomic E-state index is 12.8. The van der Waals surface area contributed by atoms with Crippen LogP contribution in [0.25, 0.3) is 10.2 Å². The molecule has 27 heavy (non-hydrogen) atoms. The largest absolute Gasteiger partial charge is 0.325 e. The van der Waals surface area contributed by atoms with Gasteiger partial charge >= 0.3 is 0 Å². The number of amides is 1. The number of fused-ring (bicyclic) bond motifs is 1. The lowest BCUT2D eigenvalue weighted by Gasteiger charge is -2.13. The Hall–Kier alpha value is -1.64. The van der Waals surface area contributed by atoms with Crippen molar-refractivity contribution in [3.05, 3.63) is 50.5 Å². The highest BCUT2D eigenvalue weighted by atomic mass is 79.9. The zero-order chi connectivity index (χ0) is 19.4. The highest BCUT2D eigenvalue weighted by Gasteiger charge is 2.14. The summed E-state index contributed by atoms with van der Waals surface area (Å²) in [5, 5.41) is 5.33. The Morgan fingerprint density at radius 1 is 1.30 bits per heavy atom. The first kappa shape index (κ1) is 20.1. The summed E-state index contributed by atoms with van der Waals surface area (Å²) in [6.07, 6.45) is 0.886. The summed E-state index contributed by atoms with van der Waals surface area (Å²) in [6.45, 7) is 4.86. The molecule has 1 amide bonds. The molecule has 1 N–H and O–H groups in total. The molecule has 3 rings (SSSR count). The zero-order valence-electron chi connectivity index (χ0n) is 15.1. The SMILES string of the molecule is CC(C)CCn1c(SCC(=O)Nc2ccc(Br)cc2)nc2ccsc2c1=O. The zero-order valence-corrected chi connectivity index (χ0v) is 18.3.